The van der Waals surface area contributed by atoms with Gasteiger partial charge in [0.05, 0.1) is 7.11 Å². The predicted molar refractivity (Wildman–Crippen MR) is 77.3 cm³/mol. The number of hydrogen-bond donors (Lipinski definition) is 4. The maximum absolute atomic E-state index is 11.0. The number of alkyl halides is 3. The summed E-state index contributed by atoms with van der Waals surface area (Å²) in [5, 5.41) is 17.2. The van der Waals surface area contributed by atoms with Crippen LogP contribution >= 0.6 is 0 Å². The first-order valence-corrected chi connectivity index (χ1v) is 6.53. The molecule has 7 nitrogen and oxygen atoms in total. The number of benzene rings is 1. The number of H-pyrrole nitrogens is 1. The molecule has 1 aromatic heterocycles. The summed E-state index contributed by atoms with van der Waals surface area (Å²) in [7, 11) is 1.41. The maximum Gasteiger partial charge on any atom is 0.490 e. The second-order valence-electron chi connectivity index (χ2n) is 4.58. The molecular weight excluding hydrogens is 333 g/mol. The van der Waals surface area contributed by atoms with Crippen molar-refractivity contribution in [2.45, 2.75) is 18.6 Å². The molecule has 2 aromatic rings. The van der Waals surface area contributed by atoms with E-state index in [2.05, 4.69) is 15.3 Å². The molecule has 2 rings (SSSR count). The Balaban J connectivity index is 0.000000351. The number of carboxylic acids is 2. The van der Waals surface area contributed by atoms with Crippen molar-refractivity contribution in [2.24, 2.45) is 0 Å². The van der Waals surface area contributed by atoms with Crippen molar-refractivity contribution in [2.75, 3.05) is 7.11 Å². The molecule has 1 aromatic carbocycles. The first-order chi connectivity index (χ1) is 11.2. The van der Waals surface area contributed by atoms with E-state index in [-0.39, 0.29) is 0 Å². The largest absolute Gasteiger partial charge is 0.490 e. The average molecular weight is 348 g/mol. The number of halogens is 3. The van der Waals surface area contributed by atoms with Crippen molar-refractivity contribution >= 4 is 22.8 Å². The number of carboxylic acid groups (broad SMARTS) is 2. The van der Waals surface area contributed by atoms with Gasteiger partial charge in [-0.25, -0.2) is 4.79 Å². The number of hydrogen-bond acceptors (Lipinski definition) is 4. The van der Waals surface area contributed by atoms with Gasteiger partial charge in [-0.15, -0.1) is 0 Å². The van der Waals surface area contributed by atoms with E-state index in [1.807, 2.05) is 30.5 Å². The fraction of sp³-hybridized carbons (Fsp3) is 0.286. The van der Waals surface area contributed by atoms with Gasteiger partial charge >= 0.3 is 18.1 Å². The highest BCUT2D eigenvalue weighted by molar-refractivity contribution is 5.84. The minimum atomic E-state index is -5.08. The van der Waals surface area contributed by atoms with Crippen molar-refractivity contribution in [3.05, 3.63) is 36.0 Å². The van der Waals surface area contributed by atoms with Crippen LogP contribution in [0.25, 0.3) is 10.9 Å². The molecule has 0 amide bonds. The summed E-state index contributed by atoms with van der Waals surface area (Å²) in [5.74, 6) is -3.69. The Morgan fingerprint density at radius 2 is 1.88 bits per heavy atom. The fourth-order valence-electron chi connectivity index (χ4n) is 1.84. The third-order valence-corrected chi connectivity index (χ3v) is 2.90. The average Bonchev–Trinajstić information content (AvgIpc) is 2.90. The number of fused-ring (bicyclic) bond motifs is 1. The van der Waals surface area contributed by atoms with Gasteiger partial charge in [0.15, 0.2) is 0 Å². The van der Waals surface area contributed by atoms with Gasteiger partial charge in [-0.05, 0) is 11.6 Å². The Bertz CT molecular complexity index is 699. The van der Waals surface area contributed by atoms with E-state index in [9.17, 15) is 18.0 Å². The third-order valence-electron chi connectivity index (χ3n) is 2.90. The molecule has 132 valence electrons. The minimum absolute atomic E-state index is 0.368. The topological polar surface area (TPSA) is 112 Å². The van der Waals surface area contributed by atoms with Gasteiger partial charge in [0, 0.05) is 23.5 Å². The lowest BCUT2D eigenvalue weighted by Crippen LogP contribution is -2.37. The number of rotatable bonds is 5. The smallest absolute Gasteiger partial charge is 0.480 e. The van der Waals surface area contributed by atoms with Crippen LogP contribution in [0.5, 0.6) is 0 Å². The third kappa shape index (κ3) is 5.56. The molecule has 0 radical (unpaired) electrons. The van der Waals surface area contributed by atoms with Crippen molar-refractivity contribution in [1.82, 2.24) is 10.5 Å². The van der Waals surface area contributed by atoms with Crippen LogP contribution in [-0.2, 0) is 20.8 Å². The van der Waals surface area contributed by atoms with E-state index in [1.54, 1.807) is 0 Å². The molecular formula is C14H15F3N2O5. The van der Waals surface area contributed by atoms with Crippen LogP contribution < -0.4 is 5.48 Å². The van der Waals surface area contributed by atoms with Gasteiger partial charge in [-0.2, -0.15) is 18.7 Å². The van der Waals surface area contributed by atoms with Crippen LogP contribution in [0.2, 0.25) is 0 Å². The van der Waals surface area contributed by atoms with E-state index in [0.717, 1.165) is 16.5 Å². The number of aromatic nitrogens is 1. The van der Waals surface area contributed by atoms with Crippen molar-refractivity contribution in [1.29, 1.82) is 0 Å². The van der Waals surface area contributed by atoms with Gasteiger partial charge in [0.1, 0.15) is 6.04 Å². The Kier molecular flexibility index (Phi) is 6.74. The van der Waals surface area contributed by atoms with E-state index in [4.69, 9.17) is 15.0 Å². The summed E-state index contributed by atoms with van der Waals surface area (Å²) >= 11 is 0. The van der Waals surface area contributed by atoms with Gasteiger partial charge < -0.3 is 20.0 Å². The lowest BCUT2D eigenvalue weighted by atomic mass is 10.1. The monoisotopic (exact) mass is 348 g/mol. The summed E-state index contributed by atoms with van der Waals surface area (Å²) in [6.45, 7) is 0. The SMILES string of the molecule is CON[C@@H](Cc1c[nH]c2ccccc12)C(=O)O.O=C(O)C(F)(F)F. The molecule has 0 aliphatic heterocycles. The van der Waals surface area contributed by atoms with Crippen LogP contribution in [0.15, 0.2) is 30.5 Å². The Hall–Kier alpha value is -2.59. The molecule has 24 heavy (non-hydrogen) atoms. The second kappa shape index (κ2) is 8.31. The van der Waals surface area contributed by atoms with Crippen LogP contribution in [-0.4, -0.2) is 46.5 Å². The second-order valence-corrected chi connectivity index (χ2v) is 4.58. The number of aliphatic carboxylic acids is 2. The van der Waals surface area contributed by atoms with Crippen LogP contribution in [0.1, 0.15) is 5.56 Å². The van der Waals surface area contributed by atoms with Gasteiger partial charge in [0.25, 0.3) is 0 Å². The molecule has 1 heterocycles. The summed E-state index contributed by atoms with van der Waals surface area (Å²) in [6.07, 6.45) is -2.88. The molecule has 0 aliphatic rings. The highest BCUT2D eigenvalue weighted by Crippen LogP contribution is 2.19. The van der Waals surface area contributed by atoms with Crippen LogP contribution in [0.3, 0.4) is 0 Å². The minimum Gasteiger partial charge on any atom is -0.480 e. The van der Waals surface area contributed by atoms with E-state index in [0.29, 0.717) is 6.42 Å². The lowest BCUT2D eigenvalue weighted by Gasteiger charge is -2.11. The number of carbonyl (C=O) groups is 2. The van der Waals surface area contributed by atoms with E-state index in [1.165, 1.54) is 7.11 Å². The standard InChI is InChI=1S/C12H14N2O3.C2HF3O2/c1-17-14-11(12(15)16)6-8-7-13-10-5-3-2-4-9(8)10;3-2(4,5)1(6)7/h2-5,7,11,13-14H,6H2,1H3,(H,15,16);(H,6,7)/t11-;/m0./s1. The van der Waals surface area contributed by atoms with Crippen LogP contribution in [0, 0.1) is 0 Å². The highest BCUT2D eigenvalue weighted by Gasteiger charge is 2.38. The molecule has 0 unspecified atom stereocenters. The number of nitrogens with one attached hydrogen (secondary N) is 2. The van der Waals surface area contributed by atoms with Crippen molar-refractivity contribution in [3.63, 3.8) is 0 Å². The zero-order chi connectivity index (χ0) is 18.3. The molecule has 0 saturated heterocycles. The molecule has 4 N–H and O–H groups in total. The highest BCUT2D eigenvalue weighted by atomic mass is 19.4. The van der Waals surface area contributed by atoms with Gasteiger partial charge in [0.2, 0.25) is 0 Å². The van der Waals surface area contributed by atoms with Crippen molar-refractivity contribution < 1.29 is 37.8 Å². The molecule has 0 bridgehead atoms. The van der Waals surface area contributed by atoms with Gasteiger partial charge in [-0.1, -0.05) is 18.2 Å². The first kappa shape index (κ1) is 19.5. The molecule has 0 aliphatic carbocycles. The molecule has 10 heteroatoms. The summed E-state index contributed by atoms with van der Waals surface area (Å²) in [5.41, 5.74) is 4.43. The molecule has 1 atom stereocenters. The summed E-state index contributed by atoms with van der Waals surface area (Å²) in [6, 6.07) is 7.04. The predicted octanol–water partition coefficient (Wildman–Crippen LogP) is 1.95. The zero-order valence-electron chi connectivity index (χ0n) is 12.4. The first-order valence-electron chi connectivity index (χ1n) is 6.53. The Labute approximate surface area is 134 Å². The molecule has 0 spiro atoms. The lowest BCUT2D eigenvalue weighted by molar-refractivity contribution is -0.192. The summed E-state index contributed by atoms with van der Waals surface area (Å²) in [4.78, 5) is 27.7. The molecule has 0 fully saturated rings. The Morgan fingerprint density at radius 1 is 1.29 bits per heavy atom. The fourth-order valence-corrected chi connectivity index (χ4v) is 1.84. The normalized spacial score (nSPS) is 12.3. The zero-order valence-corrected chi connectivity index (χ0v) is 12.4. The number of hydroxylamine groups is 1. The number of aromatic amines is 1. The molecule has 0 saturated carbocycles. The number of para-hydroxylation sites is 1. The van der Waals surface area contributed by atoms with E-state index >= 15 is 0 Å². The Morgan fingerprint density at radius 3 is 2.38 bits per heavy atom. The van der Waals surface area contributed by atoms with Crippen molar-refractivity contribution in [3.8, 4) is 0 Å². The maximum atomic E-state index is 11.0. The summed E-state index contributed by atoms with van der Waals surface area (Å²) < 4.78 is 31.7. The van der Waals surface area contributed by atoms with Gasteiger partial charge in [-0.3, -0.25) is 4.79 Å². The van der Waals surface area contributed by atoms with Crippen LogP contribution in [0.4, 0.5) is 13.2 Å². The quantitative estimate of drug-likeness (QED) is 0.615. The van der Waals surface area contributed by atoms with E-state index < -0.39 is 24.2 Å².